The van der Waals surface area contributed by atoms with Crippen molar-refractivity contribution in [2.24, 2.45) is 0 Å². The van der Waals surface area contributed by atoms with E-state index in [1.54, 1.807) is 36.8 Å². The van der Waals surface area contributed by atoms with Gasteiger partial charge in [0.25, 0.3) is 5.91 Å². The van der Waals surface area contributed by atoms with Crippen molar-refractivity contribution in [3.05, 3.63) is 59.5 Å². The quantitative estimate of drug-likeness (QED) is 0.646. The highest BCUT2D eigenvalue weighted by Gasteiger charge is 2.18. The topological polar surface area (TPSA) is 86.3 Å². The fraction of sp³-hybridized carbons (Fsp3) is 0.300. The van der Waals surface area contributed by atoms with Crippen molar-refractivity contribution in [1.82, 2.24) is 25.2 Å². The molecule has 150 valence electrons. The molecule has 1 amide bonds. The second-order valence-corrected chi connectivity index (χ2v) is 7.65. The van der Waals surface area contributed by atoms with E-state index >= 15 is 0 Å². The van der Waals surface area contributed by atoms with Crippen LogP contribution in [0.15, 0.2) is 48.2 Å². The number of carbonyl (C=O) groups excluding carboxylic acids is 1. The minimum atomic E-state index is -0.164. The maximum absolute atomic E-state index is 11.6. The van der Waals surface area contributed by atoms with Crippen LogP contribution in [-0.2, 0) is 6.54 Å². The highest BCUT2D eigenvalue weighted by atomic mass is 32.1. The molecule has 0 saturated carbocycles. The van der Waals surface area contributed by atoms with E-state index in [1.807, 2.05) is 17.6 Å². The maximum Gasteiger partial charge on any atom is 0.269 e. The number of thiazole rings is 1. The summed E-state index contributed by atoms with van der Waals surface area (Å²) in [6, 6.07) is 7.87. The fourth-order valence-electron chi connectivity index (χ4n) is 3.29. The zero-order chi connectivity index (χ0) is 20.1. The van der Waals surface area contributed by atoms with E-state index in [0.29, 0.717) is 5.69 Å². The summed E-state index contributed by atoms with van der Waals surface area (Å²) in [4.78, 5) is 29.2. The fourth-order valence-corrected chi connectivity index (χ4v) is 3.83. The number of anilines is 3. The molecule has 0 unspecified atom stereocenters. The molecule has 1 fully saturated rings. The van der Waals surface area contributed by atoms with Gasteiger partial charge in [0.1, 0.15) is 11.5 Å². The molecule has 4 heterocycles. The van der Waals surface area contributed by atoms with E-state index in [9.17, 15) is 4.79 Å². The standard InChI is InChI=1S/C20H23N7OS/c1-21-19(28)17-3-2-16(13-24-17)27-9-7-26(8-10-27)14-15-4-5-22-18(12-15)25-20-23-6-11-29-20/h2-6,11-13H,7-10,14H2,1H3,(H,21,28)(H,22,23,25). The van der Waals surface area contributed by atoms with Gasteiger partial charge in [0.05, 0.1) is 11.9 Å². The molecule has 0 aliphatic carbocycles. The van der Waals surface area contributed by atoms with Crippen molar-refractivity contribution in [3.8, 4) is 0 Å². The van der Waals surface area contributed by atoms with Gasteiger partial charge in [0.2, 0.25) is 0 Å². The van der Waals surface area contributed by atoms with E-state index in [1.165, 1.54) is 5.56 Å². The number of nitrogens with zero attached hydrogens (tertiary/aromatic N) is 5. The third kappa shape index (κ3) is 4.87. The summed E-state index contributed by atoms with van der Waals surface area (Å²) in [6.07, 6.45) is 5.39. The van der Waals surface area contributed by atoms with Gasteiger partial charge in [-0.15, -0.1) is 11.3 Å². The third-order valence-corrected chi connectivity index (χ3v) is 5.53. The van der Waals surface area contributed by atoms with Crippen LogP contribution >= 0.6 is 11.3 Å². The predicted octanol–water partition coefficient (Wildman–Crippen LogP) is 2.36. The Morgan fingerprint density at radius 3 is 2.66 bits per heavy atom. The molecule has 1 aliphatic rings. The van der Waals surface area contributed by atoms with Crippen LogP contribution < -0.4 is 15.5 Å². The predicted molar refractivity (Wildman–Crippen MR) is 115 cm³/mol. The molecule has 3 aromatic heterocycles. The first kappa shape index (κ1) is 19.3. The average Bonchev–Trinajstić information content (AvgIpc) is 3.27. The first-order valence-electron chi connectivity index (χ1n) is 9.48. The van der Waals surface area contributed by atoms with Crippen LogP contribution in [-0.4, -0.2) is 59.0 Å². The highest BCUT2D eigenvalue weighted by Crippen LogP contribution is 2.20. The van der Waals surface area contributed by atoms with Crippen LogP contribution in [0.25, 0.3) is 0 Å². The summed E-state index contributed by atoms with van der Waals surface area (Å²) >= 11 is 1.56. The molecule has 0 atom stereocenters. The average molecular weight is 410 g/mol. The molecule has 1 saturated heterocycles. The number of aromatic nitrogens is 3. The normalized spacial score (nSPS) is 14.6. The molecule has 0 radical (unpaired) electrons. The zero-order valence-electron chi connectivity index (χ0n) is 16.2. The molecule has 4 rings (SSSR count). The Balaban J connectivity index is 1.31. The lowest BCUT2D eigenvalue weighted by Gasteiger charge is -2.36. The number of pyridine rings is 2. The largest absolute Gasteiger partial charge is 0.368 e. The van der Waals surface area contributed by atoms with Crippen LogP contribution in [0.5, 0.6) is 0 Å². The second kappa shape index (κ2) is 8.97. The summed E-state index contributed by atoms with van der Waals surface area (Å²) in [5.41, 5.74) is 2.72. The molecule has 0 bridgehead atoms. The van der Waals surface area contributed by atoms with Crippen molar-refractivity contribution >= 4 is 33.9 Å². The monoisotopic (exact) mass is 409 g/mol. The van der Waals surface area contributed by atoms with E-state index in [-0.39, 0.29) is 5.91 Å². The zero-order valence-corrected chi connectivity index (χ0v) is 17.0. The number of rotatable bonds is 6. The van der Waals surface area contributed by atoms with Crippen molar-refractivity contribution in [1.29, 1.82) is 0 Å². The molecule has 0 aromatic carbocycles. The molecular formula is C20H23N7OS. The van der Waals surface area contributed by atoms with Crippen molar-refractivity contribution in [2.45, 2.75) is 6.54 Å². The van der Waals surface area contributed by atoms with E-state index in [2.05, 4.69) is 47.5 Å². The molecule has 0 spiro atoms. The molecular weight excluding hydrogens is 386 g/mol. The van der Waals surface area contributed by atoms with E-state index in [0.717, 1.165) is 49.4 Å². The summed E-state index contributed by atoms with van der Waals surface area (Å²) in [5.74, 6) is 0.654. The molecule has 9 heteroatoms. The second-order valence-electron chi connectivity index (χ2n) is 6.76. The molecule has 3 aromatic rings. The van der Waals surface area contributed by atoms with Crippen molar-refractivity contribution < 1.29 is 4.79 Å². The van der Waals surface area contributed by atoms with Gasteiger partial charge in [0.15, 0.2) is 5.13 Å². The number of amides is 1. The Bertz CT molecular complexity index is 938. The third-order valence-electron chi connectivity index (χ3n) is 4.84. The Kier molecular flexibility index (Phi) is 5.97. The van der Waals surface area contributed by atoms with Crippen LogP contribution in [0.4, 0.5) is 16.6 Å². The van der Waals surface area contributed by atoms with E-state index in [4.69, 9.17) is 0 Å². The van der Waals surface area contributed by atoms with Crippen molar-refractivity contribution in [2.75, 3.05) is 43.4 Å². The van der Waals surface area contributed by atoms with Gasteiger partial charge in [-0.1, -0.05) is 0 Å². The Hall–Kier alpha value is -3.04. The number of nitrogens with one attached hydrogen (secondary N) is 2. The SMILES string of the molecule is CNC(=O)c1ccc(N2CCN(Cc3ccnc(Nc4nccs4)c3)CC2)cn1. The Morgan fingerprint density at radius 2 is 1.97 bits per heavy atom. The lowest BCUT2D eigenvalue weighted by atomic mass is 10.2. The number of piperazine rings is 1. The lowest BCUT2D eigenvalue weighted by molar-refractivity contribution is 0.0958. The number of hydrogen-bond acceptors (Lipinski definition) is 8. The highest BCUT2D eigenvalue weighted by molar-refractivity contribution is 7.13. The van der Waals surface area contributed by atoms with Crippen molar-refractivity contribution in [3.63, 3.8) is 0 Å². The van der Waals surface area contributed by atoms with Gasteiger partial charge in [-0.05, 0) is 29.8 Å². The van der Waals surface area contributed by atoms with Crippen LogP contribution in [0, 0.1) is 0 Å². The molecule has 29 heavy (non-hydrogen) atoms. The van der Waals surface area contributed by atoms with Crippen LogP contribution in [0.2, 0.25) is 0 Å². The minimum absolute atomic E-state index is 0.164. The van der Waals surface area contributed by atoms with Crippen LogP contribution in [0.1, 0.15) is 16.1 Å². The summed E-state index contributed by atoms with van der Waals surface area (Å²) in [5, 5.41) is 8.62. The van der Waals surface area contributed by atoms with Gasteiger partial charge >= 0.3 is 0 Å². The molecule has 2 N–H and O–H groups in total. The Labute approximate surface area is 173 Å². The summed E-state index contributed by atoms with van der Waals surface area (Å²) in [7, 11) is 1.61. The number of hydrogen-bond donors (Lipinski definition) is 2. The smallest absolute Gasteiger partial charge is 0.269 e. The molecule has 1 aliphatic heterocycles. The van der Waals surface area contributed by atoms with Gasteiger partial charge in [-0.2, -0.15) is 0 Å². The Morgan fingerprint density at radius 1 is 1.10 bits per heavy atom. The maximum atomic E-state index is 11.6. The van der Waals surface area contributed by atoms with E-state index < -0.39 is 0 Å². The minimum Gasteiger partial charge on any atom is -0.368 e. The van der Waals surface area contributed by atoms with Gasteiger partial charge < -0.3 is 15.5 Å². The summed E-state index contributed by atoms with van der Waals surface area (Å²) in [6.45, 7) is 4.67. The molecule has 8 nitrogen and oxygen atoms in total. The first-order chi connectivity index (χ1) is 14.2. The van der Waals surface area contributed by atoms with Gasteiger partial charge in [-0.3, -0.25) is 9.69 Å². The summed E-state index contributed by atoms with van der Waals surface area (Å²) < 4.78 is 0. The van der Waals surface area contributed by atoms with Gasteiger partial charge in [0, 0.05) is 57.5 Å². The van der Waals surface area contributed by atoms with Crippen LogP contribution in [0.3, 0.4) is 0 Å². The number of carbonyl (C=O) groups is 1. The van der Waals surface area contributed by atoms with Gasteiger partial charge in [-0.25, -0.2) is 15.0 Å². The first-order valence-corrected chi connectivity index (χ1v) is 10.4. The lowest BCUT2D eigenvalue weighted by Crippen LogP contribution is -2.46.